The summed E-state index contributed by atoms with van der Waals surface area (Å²) in [5.41, 5.74) is 1.53. The molecule has 22 heavy (non-hydrogen) atoms. The second-order valence-electron chi connectivity index (χ2n) is 4.06. The van der Waals surface area contributed by atoms with E-state index in [9.17, 15) is 4.79 Å². The summed E-state index contributed by atoms with van der Waals surface area (Å²) in [7, 11) is 0. The minimum Gasteiger partial charge on any atom is -0.478 e. The molecule has 114 valence electrons. The van der Waals surface area contributed by atoms with Gasteiger partial charge in [-0.05, 0) is 12.1 Å². The van der Waals surface area contributed by atoms with Gasteiger partial charge in [-0.15, -0.1) is 18.7 Å². The Labute approximate surface area is 141 Å². The van der Waals surface area contributed by atoms with Gasteiger partial charge in [-0.2, -0.15) is 42.0 Å². The molecule has 3 aromatic rings. The molecule has 0 aliphatic carbocycles. The van der Waals surface area contributed by atoms with Crippen molar-refractivity contribution in [1.29, 1.82) is 0 Å². The standard InChI is InChI=1S/C7H6O2.C7H7.C5H5.Fe/c8-7(9)6-4-2-1-3-5-6;1-2-7-5-3-4-6-7;1-2-4-5-3-1;/h1-5H,(H,8,9);2-6H,1H2;1-5H;/q;2*-1;+2. The zero-order valence-electron chi connectivity index (χ0n) is 12.1. The van der Waals surface area contributed by atoms with Crippen molar-refractivity contribution in [2.75, 3.05) is 0 Å². The van der Waals surface area contributed by atoms with Crippen LogP contribution in [0.5, 0.6) is 0 Å². The first-order valence-electron chi connectivity index (χ1n) is 6.53. The summed E-state index contributed by atoms with van der Waals surface area (Å²) in [6, 6.07) is 26.3. The van der Waals surface area contributed by atoms with Crippen molar-refractivity contribution >= 4 is 12.0 Å². The number of carboxylic acids is 1. The van der Waals surface area contributed by atoms with Gasteiger partial charge in [0.1, 0.15) is 0 Å². The van der Waals surface area contributed by atoms with Gasteiger partial charge in [0.25, 0.3) is 0 Å². The van der Waals surface area contributed by atoms with E-state index in [0.717, 1.165) is 0 Å². The number of hydrogen-bond donors (Lipinski definition) is 1. The van der Waals surface area contributed by atoms with Crippen LogP contribution in [0, 0.1) is 0 Å². The first-order chi connectivity index (χ1) is 10.2. The normalized spacial score (nSPS) is 8.18. The number of carbonyl (C=O) groups is 1. The van der Waals surface area contributed by atoms with E-state index in [2.05, 4.69) is 6.58 Å². The Bertz CT molecular complexity index is 579. The number of carboxylic acid groups (broad SMARTS) is 1. The van der Waals surface area contributed by atoms with Crippen LogP contribution < -0.4 is 0 Å². The smallest absolute Gasteiger partial charge is 0.478 e. The topological polar surface area (TPSA) is 37.3 Å². The van der Waals surface area contributed by atoms with E-state index in [1.807, 2.05) is 60.7 Å². The third kappa shape index (κ3) is 8.75. The zero-order valence-corrected chi connectivity index (χ0v) is 13.2. The maximum atomic E-state index is 10.2. The summed E-state index contributed by atoms with van der Waals surface area (Å²) in [6.45, 7) is 3.60. The van der Waals surface area contributed by atoms with E-state index in [-0.39, 0.29) is 17.1 Å². The molecule has 0 spiro atoms. The molecular weight excluding hydrogens is 316 g/mol. The molecule has 0 aliphatic heterocycles. The molecule has 0 aromatic heterocycles. The Balaban J connectivity index is 0.000000305. The van der Waals surface area contributed by atoms with Gasteiger partial charge in [-0.3, -0.25) is 0 Å². The molecule has 3 rings (SSSR count). The van der Waals surface area contributed by atoms with Gasteiger partial charge in [0.15, 0.2) is 0 Å². The van der Waals surface area contributed by atoms with Crippen LogP contribution in [-0.4, -0.2) is 11.1 Å². The van der Waals surface area contributed by atoms with Gasteiger partial charge in [-0.25, -0.2) is 16.9 Å². The molecule has 0 saturated heterocycles. The molecule has 2 nitrogen and oxygen atoms in total. The van der Waals surface area contributed by atoms with Gasteiger partial charge in [0.05, 0.1) is 5.56 Å². The second kappa shape index (κ2) is 12.4. The molecule has 0 atom stereocenters. The van der Waals surface area contributed by atoms with Crippen molar-refractivity contribution < 1.29 is 27.0 Å². The van der Waals surface area contributed by atoms with Crippen LogP contribution in [0.15, 0.2) is 91.5 Å². The van der Waals surface area contributed by atoms with E-state index in [0.29, 0.717) is 5.56 Å². The van der Waals surface area contributed by atoms with Crippen LogP contribution in [0.3, 0.4) is 0 Å². The predicted octanol–water partition coefficient (Wildman–Crippen LogP) is 4.84. The van der Waals surface area contributed by atoms with Crippen molar-refractivity contribution in [3.63, 3.8) is 0 Å². The van der Waals surface area contributed by atoms with Gasteiger partial charge in [0, 0.05) is 0 Å². The van der Waals surface area contributed by atoms with Crippen LogP contribution in [0.4, 0.5) is 0 Å². The van der Waals surface area contributed by atoms with Gasteiger partial charge >= 0.3 is 23.0 Å². The Hall–Kier alpha value is -2.35. The maximum absolute atomic E-state index is 10.2. The van der Waals surface area contributed by atoms with Crippen molar-refractivity contribution in [2.24, 2.45) is 0 Å². The minimum absolute atomic E-state index is 0. The first kappa shape index (κ1) is 19.6. The molecule has 0 radical (unpaired) electrons. The second-order valence-corrected chi connectivity index (χ2v) is 4.06. The van der Waals surface area contributed by atoms with Crippen LogP contribution in [0.2, 0.25) is 0 Å². The van der Waals surface area contributed by atoms with Crippen LogP contribution in [-0.2, 0) is 17.1 Å². The summed E-state index contributed by atoms with van der Waals surface area (Å²) in [6.07, 6.45) is 1.83. The predicted molar refractivity (Wildman–Crippen MR) is 87.6 cm³/mol. The third-order valence-electron chi connectivity index (χ3n) is 2.50. The Kier molecular flexibility index (Phi) is 11.1. The van der Waals surface area contributed by atoms with E-state index in [1.165, 1.54) is 5.56 Å². The molecular formula is C19H18FeO2. The Morgan fingerprint density at radius 3 is 1.86 bits per heavy atom. The van der Waals surface area contributed by atoms with Gasteiger partial charge in [-0.1, -0.05) is 18.2 Å². The number of aromatic carboxylic acids is 1. The Morgan fingerprint density at radius 1 is 0.955 bits per heavy atom. The molecule has 0 bridgehead atoms. The summed E-state index contributed by atoms with van der Waals surface area (Å²) in [5.74, 6) is -0.879. The van der Waals surface area contributed by atoms with E-state index in [1.54, 1.807) is 30.3 Å². The Morgan fingerprint density at radius 2 is 1.59 bits per heavy atom. The average Bonchev–Trinajstić information content (AvgIpc) is 3.24. The first-order valence-corrected chi connectivity index (χ1v) is 6.53. The van der Waals surface area contributed by atoms with Crippen molar-refractivity contribution in [1.82, 2.24) is 0 Å². The fourth-order valence-corrected chi connectivity index (χ4v) is 1.43. The fourth-order valence-electron chi connectivity index (χ4n) is 1.43. The van der Waals surface area contributed by atoms with Crippen molar-refractivity contribution in [2.45, 2.75) is 0 Å². The average molecular weight is 334 g/mol. The van der Waals surface area contributed by atoms with E-state index < -0.39 is 5.97 Å². The number of hydrogen-bond acceptors (Lipinski definition) is 1. The molecule has 0 aliphatic rings. The summed E-state index contributed by atoms with van der Waals surface area (Å²) >= 11 is 0. The molecule has 0 saturated carbocycles. The number of benzene rings is 1. The van der Waals surface area contributed by atoms with Crippen LogP contribution >= 0.6 is 0 Å². The summed E-state index contributed by atoms with van der Waals surface area (Å²) in [5, 5.41) is 8.38. The van der Waals surface area contributed by atoms with E-state index >= 15 is 0 Å². The van der Waals surface area contributed by atoms with E-state index in [4.69, 9.17) is 5.11 Å². The SMILES string of the molecule is C=Cc1ccc[cH-]1.O=C(O)c1ccccc1.[Fe+2].c1cc[cH-]c1. The van der Waals surface area contributed by atoms with Crippen LogP contribution in [0.1, 0.15) is 15.9 Å². The summed E-state index contributed by atoms with van der Waals surface area (Å²) in [4.78, 5) is 10.2. The molecule has 0 unspecified atom stereocenters. The van der Waals surface area contributed by atoms with Gasteiger partial charge in [0.2, 0.25) is 0 Å². The quantitative estimate of drug-likeness (QED) is 0.538. The number of rotatable bonds is 2. The summed E-state index contributed by atoms with van der Waals surface area (Å²) < 4.78 is 0. The molecule has 1 N–H and O–H groups in total. The zero-order chi connectivity index (χ0) is 15.3. The van der Waals surface area contributed by atoms with Gasteiger partial charge < -0.3 is 5.11 Å². The molecule has 0 amide bonds. The van der Waals surface area contributed by atoms with Crippen molar-refractivity contribution in [3.05, 3.63) is 103 Å². The molecule has 0 fully saturated rings. The third-order valence-corrected chi connectivity index (χ3v) is 2.50. The minimum atomic E-state index is -0.879. The monoisotopic (exact) mass is 334 g/mol. The van der Waals surface area contributed by atoms with Crippen LogP contribution in [0.25, 0.3) is 6.08 Å². The molecule has 3 aromatic carbocycles. The molecule has 0 heterocycles. The maximum Gasteiger partial charge on any atom is 2.00 e. The molecule has 3 heteroatoms. The largest absolute Gasteiger partial charge is 2.00 e. The van der Waals surface area contributed by atoms with Crippen molar-refractivity contribution in [3.8, 4) is 0 Å². The fraction of sp³-hybridized carbons (Fsp3) is 0.